The Morgan fingerprint density at radius 2 is 2.26 bits per heavy atom. The summed E-state index contributed by atoms with van der Waals surface area (Å²) in [5.41, 5.74) is 2.01. The first kappa shape index (κ1) is 14.7. The van der Waals surface area contributed by atoms with Crippen LogP contribution in [0.15, 0.2) is 34.9 Å². The standard InChI is InChI=1S/C18H22N2O3/c1-2-13-9-14(23-20-13)11-19-16-10-18(7-8-21-12-18)22-17-6-4-3-5-15(16)17/h3-6,9,16,19H,2,7-8,10-12H2,1H3. The van der Waals surface area contributed by atoms with Crippen LogP contribution in [0.5, 0.6) is 5.75 Å². The Balaban J connectivity index is 1.54. The van der Waals surface area contributed by atoms with Crippen LogP contribution in [0.25, 0.3) is 0 Å². The largest absolute Gasteiger partial charge is 0.484 e. The highest BCUT2D eigenvalue weighted by molar-refractivity contribution is 5.39. The molecule has 0 amide bonds. The van der Waals surface area contributed by atoms with Crippen LogP contribution in [0, 0.1) is 0 Å². The molecular formula is C18H22N2O3. The number of nitrogens with zero attached hydrogens (tertiary/aromatic N) is 1. The zero-order valence-corrected chi connectivity index (χ0v) is 13.4. The van der Waals surface area contributed by atoms with Crippen LogP contribution in [-0.2, 0) is 17.7 Å². The molecule has 4 rings (SSSR count). The molecule has 2 aliphatic rings. The number of aryl methyl sites for hydroxylation is 1. The van der Waals surface area contributed by atoms with E-state index in [4.69, 9.17) is 14.0 Å². The van der Waals surface area contributed by atoms with Crippen LogP contribution in [0.4, 0.5) is 0 Å². The van der Waals surface area contributed by atoms with Gasteiger partial charge in [0.25, 0.3) is 0 Å². The number of hydrogen-bond acceptors (Lipinski definition) is 5. The summed E-state index contributed by atoms with van der Waals surface area (Å²) >= 11 is 0. The summed E-state index contributed by atoms with van der Waals surface area (Å²) in [4.78, 5) is 0. The summed E-state index contributed by atoms with van der Waals surface area (Å²) in [5, 5.41) is 7.67. The van der Waals surface area contributed by atoms with Crippen molar-refractivity contribution in [2.75, 3.05) is 13.2 Å². The quantitative estimate of drug-likeness (QED) is 0.940. The number of rotatable bonds is 4. The molecule has 0 bridgehead atoms. The Kier molecular flexibility index (Phi) is 3.83. The Labute approximate surface area is 136 Å². The van der Waals surface area contributed by atoms with Crippen molar-refractivity contribution in [2.24, 2.45) is 0 Å². The molecule has 0 saturated carbocycles. The first-order valence-electron chi connectivity index (χ1n) is 8.31. The van der Waals surface area contributed by atoms with Crippen LogP contribution in [0.1, 0.15) is 42.8 Å². The zero-order chi connectivity index (χ0) is 15.7. The van der Waals surface area contributed by atoms with Crippen LogP contribution in [0.3, 0.4) is 0 Å². The molecule has 0 radical (unpaired) electrons. The number of aromatic nitrogens is 1. The molecule has 1 fully saturated rings. The second-order valence-electron chi connectivity index (χ2n) is 6.40. The van der Waals surface area contributed by atoms with E-state index < -0.39 is 0 Å². The van der Waals surface area contributed by atoms with Gasteiger partial charge in [-0.25, -0.2) is 0 Å². The number of para-hydroxylation sites is 1. The zero-order valence-electron chi connectivity index (χ0n) is 13.4. The number of ether oxygens (including phenoxy) is 2. The lowest BCUT2D eigenvalue weighted by atomic mass is 9.86. The van der Waals surface area contributed by atoms with Crippen molar-refractivity contribution in [2.45, 2.75) is 44.4 Å². The van der Waals surface area contributed by atoms with E-state index in [9.17, 15) is 0 Å². The molecule has 3 heterocycles. The van der Waals surface area contributed by atoms with Gasteiger partial charge < -0.3 is 19.3 Å². The van der Waals surface area contributed by atoms with E-state index >= 15 is 0 Å². The topological polar surface area (TPSA) is 56.5 Å². The fourth-order valence-electron chi connectivity index (χ4n) is 3.46. The molecule has 2 unspecified atom stereocenters. The van der Waals surface area contributed by atoms with E-state index in [1.54, 1.807) is 0 Å². The summed E-state index contributed by atoms with van der Waals surface area (Å²) in [7, 11) is 0. The second-order valence-corrected chi connectivity index (χ2v) is 6.40. The molecule has 1 spiro atoms. The van der Waals surface area contributed by atoms with E-state index in [-0.39, 0.29) is 11.6 Å². The normalized spacial score (nSPS) is 26.2. The van der Waals surface area contributed by atoms with Gasteiger partial charge in [-0.3, -0.25) is 0 Å². The molecule has 1 N–H and O–H groups in total. The maximum atomic E-state index is 6.28. The van der Waals surface area contributed by atoms with Gasteiger partial charge in [-0.15, -0.1) is 0 Å². The number of nitrogens with one attached hydrogen (secondary N) is 1. The van der Waals surface area contributed by atoms with Crippen molar-refractivity contribution in [3.63, 3.8) is 0 Å². The maximum absolute atomic E-state index is 6.28. The monoisotopic (exact) mass is 314 g/mol. The first-order valence-corrected chi connectivity index (χ1v) is 8.31. The smallest absolute Gasteiger partial charge is 0.150 e. The fraction of sp³-hybridized carbons (Fsp3) is 0.500. The van der Waals surface area contributed by atoms with Gasteiger partial charge in [-0.1, -0.05) is 30.3 Å². The second kappa shape index (κ2) is 5.98. The van der Waals surface area contributed by atoms with Gasteiger partial charge >= 0.3 is 0 Å². The molecule has 0 aliphatic carbocycles. The van der Waals surface area contributed by atoms with Crippen molar-refractivity contribution in [1.29, 1.82) is 0 Å². The van der Waals surface area contributed by atoms with Gasteiger partial charge in [0.2, 0.25) is 0 Å². The molecule has 23 heavy (non-hydrogen) atoms. The minimum absolute atomic E-state index is 0.192. The van der Waals surface area contributed by atoms with E-state index in [1.165, 1.54) is 5.56 Å². The van der Waals surface area contributed by atoms with Crippen molar-refractivity contribution in [1.82, 2.24) is 10.5 Å². The Hall–Kier alpha value is -1.85. The third kappa shape index (κ3) is 2.86. The average Bonchev–Trinajstić information content (AvgIpc) is 3.22. The van der Waals surface area contributed by atoms with Gasteiger partial charge in [0, 0.05) is 30.5 Å². The number of fused-ring (bicyclic) bond motifs is 1. The molecule has 2 atom stereocenters. The van der Waals surface area contributed by atoms with E-state index in [0.717, 1.165) is 43.1 Å². The summed E-state index contributed by atoms with van der Waals surface area (Å²) in [6.07, 6.45) is 2.75. The molecule has 2 aliphatic heterocycles. The minimum atomic E-state index is -0.192. The predicted octanol–water partition coefficient (Wildman–Crippen LogP) is 3.01. The van der Waals surface area contributed by atoms with E-state index in [2.05, 4.69) is 29.5 Å². The van der Waals surface area contributed by atoms with Gasteiger partial charge in [-0.2, -0.15) is 0 Å². The maximum Gasteiger partial charge on any atom is 0.150 e. The van der Waals surface area contributed by atoms with E-state index in [0.29, 0.717) is 13.2 Å². The van der Waals surface area contributed by atoms with Gasteiger partial charge in [-0.05, 0) is 12.5 Å². The SMILES string of the molecule is CCc1cc(CNC2CC3(CCOC3)Oc3ccccc32)on1. The molecule has 2 aromatic rings. The predicted molar refractivity (Wildman–Crippen MR) is 85.3 cm³/mol. The third-order valence-corrected chi connectivity index (χ3v) is 4.76. The minimum Gasteiger partial charge on any atom is -0.484 e. The van der Waals surface area contributed by atoms with Crippen LogP contribution >= 0.6 is 0 Å². The van der Waals surface area contributed by atoms with Gasteiger partial charge in [0.15, 0.2) is 5.76 Å². The van der Waals surface area contributed by atoms with Crippen molar-refractivity contribution in [3.05, 3.63) is 47.3 Å². The molecule has 5 heteroatoms. The Morgan fingerprint density at radius 1 is 1.35 bits per heavy atom. The number of hydrogen-bond donors (Lipinski definition) is 1. The lowest BCUT2D eigenvalue weighted by Gasteiger charge is -2.39. The molecule has 1 saturated heterocycles. The Bertz CT molecular complexity index is 676. The number of benzene rings is 1. The van der Waals surface area contributed by atoms with Gasteiger partial charge in [0.1, 0.15) is 11.4 Å². The highest BCUT2D eigenvalue weighted by atomic mass is 16.6. The summed E-state index contributed by atoms with van der Waals surface area (Å²) < 4.78 is 17.3. The summed E-state index contributed by atoms with van der Waals surface area (Å²) in [5.74, 6) is 1.84. The van der Waals surface area contributed by atoms with Crippen molar-refractivity contribution < 1.29 is 14.0 Å². The molecule has 122 valence electrons. The first-order chi connectivity index (χ1) is 11.3. The molecule has 5 nitrogen and oxygen atoms in total. The highest BCUT2D eigenvalue weighted by Gasteiger charge is 2.43. The Morgan fingerprint density at radius 3 is 3.04 bits per heavy atom. The van der Waals surface area contributed by atoms with Crippen LogP contribution < -0.4 is 10.1 Å². The van der Waals surface area contributed by atoms with Crippen molar-refractivity contribution >= 4 is 0 Å². The molecule has 1 aromatic heterocycles. The fourth-order valence-corrected chi connectivity index (χ4v) is 3.46. The summed E-state index contributed by atoms with van der Waals surface area (Å²) in [6, 6.07) is 10.5. The molecule has 1 aromatic carbocycles. The summed E-state index contributed by atoms with van der Waals surface area (Å²) in [6.45, 7) is 4.19. The van der Waals surface area contributed by atoms with Crippen LogP contribution in [0.2, 0.25) is 0 Å². The highest BCUT2D eigenvalue weighted by Crippen LogP contribution is 2.43. The van der Waals surface area contributed by atoms with Gasteiger partial charge in [0.05, 0.1) is 25.5 Å². The van der Waals surface area contributed by atoms with Crippen molar-refractivity contribution in [3.8, 4) is 5.75 Å². The lowest BCUT2D eigenvalue weighted by Crippen LogP contribution is -2.44. The average molecular weight is 314 g/mol. The third-order valence-electron chi connectivity index (χ3n) is 4.76. The van der Waals surface area contributed by atoms with Crippen LogP contribution in [-0.4, -0.2) is 24.0 Å². The molecular weight excluding hydrogens is 292 g/mol. The van der Waals surface area contributed by atoms with E-state index in [1.807, 2.05) is 18.2 Å². The lowest BCUT2D eigenvalue weighted by molar-refractivity contribution is 0.0183.